The molecule has 37 heteroatoms. The van der Waals surface area contributed by atoms with Crippen LogP contribution in [0.25, 0.3) is 22.8 Å². The summed E-state index contributed by atoms with van der Waals surface area (Å²) in [6.45, 7) is 8.19. The standard InChI is InChI=1S/C23H26FN5O4S.C23H25FN4O4S.C20H25F3N4O2.C19H23FN4O2/c1-34(31,32)28-18-10-8-15(9-11-18)22-26-23(33-27-22)20-7-4-12-29(20)21(30)14-17(25)13-16-5-2-3-6-19(16)24;1-33(30,31)18-8-4-7-16(13-18)22-26-23(32-27-22)20-10-5-11-28(20)21(29)14-17(25)12-15-6-2-3-9-19(15)24;1-20(2,3)19-25-18(29-26-19)16-5-4-6-27(16)17(28)9-12(24)7-11-8-14(22)15(23)10-13(11)21;20-15-5-2-1-4-13(15)10-14(21)11-17(25)24-9-3-6-16(24)19-22-18(23-26-19)12-7-8-12/h2-3,5-6,8-11,17,20,28H,4,7,12-14,25H2,1H3;2-4,6-9,13,17,20H,5,10-12,14,25H2,1H3;8,10,12,16H,4-7,9,24H2,1-3H3;1-2,4-5,12,14,16H,3,6-11,21H2/t2*17-,20+;12-,16+;14-,16+/m1111/s1. The first-order chi connectivity index (χ1) is 58.1. The first-order valence-corrected chi connectivity index (χ1v) is 44.1. The largest absolute Gasteiger partial charge is 0.337 e. The maximum absolute atomic E-state index is 13.9. The summed E-state index contributed by atoms with van der Waals surface area (Å²) in [5, 5.41) is 16.1. The zero-order chi connectivity index (χ0) is 87.3. The molecule has 4 aliphatic heterocycles. The predicted octanol–water partition coefficient (Wildman–Crippen LogP) is 11.9. The third kappa shape index (κ3) is 24.0. The van der Waals surface area contributed by atoms with Gasteiger partial charge in [-0.15, -0.1) is 0 Å². The highest BCUT2D eigenvalue weighted by molar-refractivity contribution is 7.92. The van der Waals surface area contributed by atoms with Crippen LogP contribution < -0.4 is 27.7 Å². The Bertz CT molecular complexity index is 5540. The van der Waals surface area contributed by atoms with E-state index in [9.17, 15) is 62.4 Å². The lowest BCUT2D eigenvalue weighted by molar-refractivity contribution is -0.133. The first-order valence-electron chi connectivity index (χ1n) is 40.4. The second kappa shape index (κ2) is 39.8. The molecule has 10 aromatic rings. The van der Waals surface area contributed by atoms with Crippen LogP contribution in [0.4, 0.5) is 32.0 Å². The minimum atomic E-state index is -3.37. The van der Waals surface area contributed by atoms with Crippen molar-refractivity contribution in [2.24, 2.45) is 22.9 Å². The molecule has 29 nitrogen and oxygen atoms in total. The summed E-state index contributed by atoms with van der Waals surface area (Å²) in [4.78, 5) is 76.2. The first kappa shape index (κ1) is 90.1. The van der Waals surface area contributed by atoms with Gasteiger partial charge in [-0.25, -0.2) is 43.2 Å². The number of amides is 4. The van der Waals surface area contributed by atoms with Crippen molar-refractivity contribution in [1.82, 2.24) is 60.2 Å². The molecule has 4 aromatic heterocycles. The fourth-order valence-corrected chi connectivity index (χ4v) is 16.3. The Hall–Kier alpha value is -11.1. The molecule has 15 rings (SSSR count). The number of hydrogen-bond acceptors (Lipinski definition) is 24. The zero-order valence-corrected chi connectivity index (χ0v) is 69.7. The number of sulfone groups is 1. The zero-order valence-electron chi connectivity index (χ0n) is 68.1. The summed E-state index contributed by atoms with van der Waals surface area (Å²) < 4.78 is 152. The monoisotopic (exact) mass is 1730 g/mol. The fourth-order valence-electron chi connectivity index (χ4n) is 15.1. The van der Waals surface area contributed by atoms with Gasteiger partial charge in [-0.05, 0) is 173 Å². The summed E-state index contributed by atoms with van der Waals surface area (Å²) in [5.41, 5.74) is 27.2. The molecule has 122 heavy (non-hydrogen) atoms. The Balaban J connectivity index is 0.000000149. The number of nitrogens with one attached hydrogen (secondary N) is 1. The van der Waals surface area contributed by atoms with Crippen molar-refractivity contribution in [3.8, 4) is 22.8 Å². The number of anilines is 1. The van der Waals surface area contributed by atoms with Crippen molar-refractivity contribution in [1.29, 1.82) is 0 Å². The number of sulfonamides is 1. The molecule has 0 unspecified atom stereocenters. The number of carbonyl (C=O) groups is 4. The van der Waals surface area contributed by atoms with E-state index in [1.807, 2.05) is 20.8 Å². The molecule has 0 radical (unpaired) electrons. The van der Waals surface area contributed by atoms with E-state index in [0.29, 0.717) is 133 Å². The number of rotatable bonds is 26. The number of benzene rings is 6. The number of nitrogens with two attached hydrogens (primary N) is 4. The van der Waals surface area contributed by atoms with Crippen molar-refractivity contribution in [2.45, 2.75) is 201 Å². The summed E-state index contributed by atoms with van der Waals surface area (Å²) >= 11 is 0. The van der Waals surface area contributed by atoms with E-state index < -0.39 is 61.5 Å². The number of nitrogens with zero attached hydrogens (tertiary/aromatic N) is 12. The van der Waals surface area contributed by atoms with Gasteiger partial charge in [0.25, 0.3) is 0 Å². The molecular formula is C85H99F6N17O12S2. The molecule has 8 heterocycles. The van der Waals surface area contributed by atoms with Gasteiger partial charge in [0.2, 0.25) is 68.9 Å². The molecule has 5 fully saturated rings. The van der Waals surface area contributed by atoms with Crippen LogP contribution in [-0.4, -0.2) is 163 Å². The molecule has 5 aliphatic rings. The molecular weight excluding hydrogens is 1630 g/mol. The Labute approximate surface area is 702 Å². The van der Waals surface area contributed by atoms with Gasteiger partial charge in [-0.1, -0.05) is 108 Å². The Morgan fingerprint density at radius 2 is 0.803 bits per heavy atom. The lowest BCUT2D eigenvalue weighted by Crippen LogP contribution is -2.36. The van der Waals surface area contributed by atoms with E-state index in [4.69, 9.17) is 41.0 Å². The van der Waals surface area contributed by atoms with E-state index in [0.717, 1.165) is 69.3 Å². The van der Waals surface area contributed by atoms with Crippen LogP contribution in [0.5, 0.6) is 0 Å². The number of carbonyl (C=O) groups excluding carboxylic acids is 4. The number of aromatic nitrogens is 8. The van der Waals surface area contributed by atoms with Crippen LogP contribution in [0, 0.1) is 34.9 Å². The van der Waals surface area contributed by atoms with Crippen molar-refractivity contribution in [3.63, 3.8) is 0 Å². The van der Waals surface area contributed by atoms with Gasteiger partial charge in [-0.3, -0.25) is 23.9 Å². The van der Waals surface area contributed by atoms with Crippen LogP contribution in [0.3, 0.4) is 0 Å². The molecule has 0 spiro atoms. The Morgan fingerprint density at radius 1 is 0.426 bits per heavy atom. The molecule has 9 N–H and O–H groups in total. The summed E-state index contributed by atoms with van der Waals surface area (Å²) in [5.74, 6) is -0.895. The summed E-state index contributed by atoms with van der Waals surface area (Å²) in [6, 6.07) is 30.1. The second-order valence-corrected chi connectivity index (χ2v) is 36.2. The summed E-state index contributed by atoms with van der Waals surface area (Å²) in [6.07, 6.45) is 11.6. The highest BCUT2D eigenvalue weighted by atomic mass is 32.2. The Kier molecular flexibility index (Phi) is 29.4. The molecule has 0 bridgehead atoms. The number of halogens is 6. The third-order valence-corrected chi connectivity index (χ3v) is 23.2. The van der Waals surface area contributed by atoms with Crippen molar-refractivity contribution in [3.05, 3.63) is 226 Å². The van der Waals surface area contributed by atoms with Gasteiger partial charge in [0.1, 0.15) is 47.4 Å². The van der Waals surface area contributed by atoms with Crippen LogP contribution in [-0.2, 0) is 70.1 Å². The fraction of sp³-hybridized carbons (Fsp3) is 0.435. The molecule has 8 atom stereocenters. The number of hydrogen-bond donors (Lipinski definition) is 5. The highest BCUT2D eigenvalue weighted by Gasteiger charge is 2.41. The van der Waals surface area contributed by atoms with Gasteiger partial charge in [0, 0.05) is 116 Å². The smallest absolute Gasteiger partial charge is 0.249 e. The molecule has 4 amide bonds. The lowest BCUT2D eigenvalue weighted by Gasteiger charge is -2.23. The van der Waals surface area contributed by atoms with Crippen molar-refractivity contribution in [2.75, 3.05) is 43.4 Å². The highest BCUT2D eigenvalue weighted by Crippen LogP contribution is 2.41. The average molecular weight is 1730 g/mol. The van der Waals surface area contributed by atoms with E-state index in [-0.39, 0.29) is 132 Å². The molecule has 1 aliphatic carbocycles. The van der Waals surface area contributed by atoms with Gasteiger partial charge >= 0.3 is 0 Å². The quantitative estimate of drug-likeness (QED) is 0.0248. The molecule has 4 saturated heterocycles. The van der Waals surface area contributed by atoms with Gasteiger partial charge in [-0.2, -0.15) is 19.9 Å². The van der Waals surface area contributed by atoms with Crippen LogP contribution in [0.1, 0.15) is 198 Å². The molecule has 650 valence electrons. The van der Waals surface area contributed by atoms with Gasteiger partial charge in [0.15, 0.2) is 33.1 Å². The summed E-state index contributed by atoms with van der Waals surface area (Å²) in [7, 11) is -6.74. The third-order valence-electron chi connectivity index (χ3n) is 21.4. The lowest BCUT2D eigenvalue weighted by atomic mass is 9.96. The van der Waals surface area contributed by atoms with E-state index in [1.54, 1.807) is 111 Å². The number of likely N-dealkylation sites (tertiary alicyclic amines) is 4. The predicted molar refractivity (Wildman–Crippen MR) is 436 cm³/mol. The minimum absolute atomic E-state index is 0.0393. The minimum Gasteiger partial charge on any atom is -0.337 e. The van der Waals surface area contributed by atoms with Crippen LogP contribution >= 0.6 is 0 Å². The van der Waals surface area contributed by atoms with Gasteiger partial charge in [0.05, 0.1) is 11.2 Å². The van der Waals surface area contributed by atoms with E-state index in [1.165, 1.54) is 30.3 Å². The second-order valence-electron chi connectivity index (χ2n) is 32.4. The van der Waals surface area contributed by atoms with Crippen LogP contribution in [0.15, 0.2) is 156 Å². The SMILES string of the molecule is CC(C)(C)c1noc([C@@H]2CCCN2C(=O)C[C@H](N)Cc2cc(F)c(F)cc2F)n1.CS(=O)(=O)Nc1ccc(-c2noc([C@@H]3CCCN3C(=O)C[C@H](N)Cc3ccccc3F)n2)cc1.CS(=O)(=O)c1cccc(-c2noc([C@@H]3CCCN3C(=O)C[C@H](N)Cc3ccccc3F)n2)c1.N[C@@H](CC(=O)N1CCC[C@H]1c1nc(C2CC2)no1)Cc1ccccc1F. The van der Waals surface area contributed by atoms with E-state index in [2.05, 4.69) is 45.3 Å². The van der Waals surface area contributed by atoms with Crippen molar-refractivity contribution < 1.29 is 80.4 Å². The topological polar surface area (TPSA) is 421 Å². The van der Waals surface area contributed by atoms with E-state index >= 15 is 0 Å². The maximum atomic E-state index is 13.9. The normalized spacial score (nSPS) is 18.3. The molecule has 1 saturated carbocycles. The Morgan fingerprint density at radius 3 is 1.20 bits per heavy atom. The maximum Gasteiger partial charge on any atom is 0.249 e. The van der Waals surface area contributed by atoms with Gasteiger partial charge < -0.3 is 60.6 Å². The molecule has 6 aromatic carbocycles. The average Bonchev–Trinajstić information content (AvgIpc) is 1.66. The van der Waals surface area contributed by atoms with Crippen molar-refractivity contribution >= 4 is 49.2 Å². The van der Waals surface area contributed by atoms with Crippen LogP contribution in [0.2, 0.25) is 0 Å².